The van der Waals surface area contributed by atoms with E-state index < -0.39 is 0 Å². The van der Waals surface area contributed by atoms with Crippen LogP contribution in [0.4, 0.5) is 16.5 Å². The fraction of sp³-hybridized carbons (Fsp3) is 0.0909. The fourth-order valence-corrected chi connectivity index (χ4v) is 5.38. The molecule has 0 unspecified atom stereocenters. The summed E-state index contributed by atoms with van der Waals surface area (Å²) in [6.45, 7) is 3.82. The summed E-state index contributed by atoms with van der Waals surface area (Å²) in [7, 11) is 0. The van der Waals surface area contributed by atoms with Gasteiger partial charge in [-0.1, -0.05) is 48.0 Å². The Morgan fingerprint density at radius 1 is 0.977 bits per heavy atom. The van der Waals surface area contributed by atoms with Gasteiger partial charge in [0.1, 0.15) is 5.75 Å². The number of aryl methyl sites for hydroxylation is 2. The molecule has 0 atom stereocenters. The molecule has 0 aliphatic heterocycles. The Morgan fingerprint density at radius 3 is 2.51 bits per heavy atom. The second-order valence-electron chi connectivity index (χ2n) is 9.65. The summed E-state index contributed by atoms with van der Waals surface area (Å²) in [6.07, 6.45) is 1.53. The van der Waals surface area contributed by atoms with E-state index in [0.29, 0.717) is 15.8 Å². The minimum Gasteiger partial charge on any atom is -0.483 e. The van der Waals surface area contributed by atoms with E-state index in [1.165, 1.54) is 17.6 Å². The Labute approximate surface area is 262 Å². The molecule has 0 aliphatic carbocycles. The van der Waals surface area contributed by atoms with Crippen molar-refractivity contribution in [2.45, 2.75) is 13.8 Å². The molecule has 0 aliphatic rings. The predicted molar refractivity (Wildman–Crippen MR) is 177 cm³/mol. The lowest BCUT2D eigenvalue weighted by atomic mass is 10.1. The highest BCUT2D eigenvalue weighted by Gasteiger charge is 2.10. The number of ether oxygens (including phenoxy) is 1. The summed E-state index contributed by atoms with van der Waals surface area (Å²) in [5.41, 5.74) is 9.35. The van der Waals surface area contributed by atoms with Crippen LogP contribution in [0.3, 0.4) is 0 Å². The molecular formula is C33H28BrN5O3S. The number of thiazole rings is 1. The third-order valence-corrected chi connectivity index (χ3v) is 7.70. The van der Waals surface area contributed by atoms with Gasteiger partial charge in [0.15, 0.2) is 11.7 Å². The van der Waals surface area contributed by atoms with Crippen LogP contribution in [0.25, 0.3) is 11.3 Å². The minimum atomic E-state index is -0.332. The molecule has 1 heterocycles. The molecule has 43 heavy (non-hydrogen) atoms. The number of halogens is 1. The van der Waals surface area contributed by atoms with Crippen molar-refractivity contribution in [1.29, 1.82) is 0 Å². The van der Waals surface area contributed by atoms with Gasteiger partial charge < -0.3 is 15.4 Å². The van der Waals surface area contributed by atoms with Crippen molar-refractivity contribution in [2.75, 3.05) is 17.2 Å². The molecule has 0 spiro atoms. The van der Waals surface area contributed by atoms with Gasteiger partial charge in [-0.15, -0.1) is 11.3 Å². The van der Waals surface area contributed by atoms with E-state index in [0.717, 1.165) is 44.5 Å². The summed E-state index contributed by atoms with van der Waals surface area (Å²) >= 11 is 4.99. The molecule has 2 amide bonds. The van der Waals surface area contributed by atoms with Gasteiger partial charge in [0.25, 0.3) is 11.8 Å². The minimum absolute atomic E-state index is 0.136. The van der Waals surface area contributed by atoms with Crippen molar-refractivity contribution < 1.29 is 14.3 Å². The molecule has 0 bridgehead atoms. The summed E-state index contributed by atoms with van der Waals surface area (Å²) in [4.78, 5) is 29.6. The number of nitrogens with zero attached hydrogens (tertiary/aromatic N) is 2. The van der Waals surface area contributed by atoms with E-state index in [4.69, 9.17) is 4.74 Å². The van der Waals surface area contributed by atoms with Gasteiger partial charge >= 0.3 is 0 Å². The maximum atomic E-state index is 12.6. The zero-order valence-corrected chi connectivity index (χ0v) is 25.8. The Bertz CT molecular complexity index is 1770. The lowest BCUT2D eigenvalue weighted by molar-refractivity contribution is -0.118. The molecule has 4 aromatic carbocycles. The molecule has 0 saturated carbocycles. The number of amides is 2. The number of nitrogens with one attached hydrogen (secondary N) is 3. The standard InChI is InChI=1S/C33H28BrN5O3S/c1-21-8-14-28(22(2)16-21)37-31(40)19-42-30-15-9-23(17-27(30)34)18-35-39-32(41)25-12-10-24(11-13-25)29-20-43-33(38-29)36-26-6-4-3-5-7-26/h3-18,20H,19H2,1-2H3,(H,36,38)(H,37,40)(H,39,41)/b35-18+. The van der Waals surface area contributed by atoms with Gasteiger partial charge in [-0.3, -0.25) is 9.59 Å². The highest BCUT2D eigenvalue weighted by atomic mass is 79.9. The average molecular weight is 655 g/mol. The molecule has 0 fully saturated rings. The SMILES string of the molecule is Cc1ccc(NC(=O)COc2ccc(/C=N/NC(=O)c3ccc(-c4csc(Nc5ccccc5)n4)cc3)cc2Br)c(C)c1. The van der Waals surface area contributed by atoms with E-state index in [2.05, 4.69) is 42.1 Å². The normalized spacial score (nSPS) is 10.9. The first-order chi connectivity index (χ1) is 20.8. The Balaban J connectivity index is 1.11. The lowest BCUT2D eigenvalue weighted by Crippen LogP contribution is -2.20. The summed E-state index contributed by atoms with van der Waals surface area (Å²) < 4.78 is 6.33. The molecule has 5 aromatic rings. The van der Waals surface area contributed by atoms with E-state index in [1.807, 2.05) is 79.9 Å². The monoisotopic (exact) mass is 653 g/mol. The molecule has 5 rings (SSSR count). The van der Waals surface area contributed by atoms with Crippen LogP contribution in [-0.4, -0.2) is 29.6 Å². The number of hydrogen-bond acceptors (Lipinski definition) is 7. The highest BCUT2D eigenvalue weighted by molar-refractivity contribution is 9.10. The quantitative estimate of drug-likeness (QED) is 0.106. The number of aromatic nitrogens is 1. The third-order valence-electron chi connectivity index (χ3n) is 6.32. The molecule has 0 saturated heterocycles. The summed E-state index contributed by atoms with van der Waals surface area (Å²) in [5.74, 6) is -0.0712. The molecule has 1 aromatic heterocycles. The van der Waals surface area contributed by atoms with Gasteiger partial charge in [-0.2, -0.15) is 5.10 Å². The number of para-hydroxylation sites is 1. The molecule has 3 N–H and O–H groups in total. The van der Waals surface area contributed by atoms with E-state index >= 15 is 0 Å². The van der Waals surface area contributed by atoms with Crippen molar-refractivity contribution in [1.82, 2.24) is 10.4 Å². The maximum absolute atomic E-state index is 12.6. The molecular weight excluding hydrogens is 626 g/mol. The number of carbonyl (C=O) groups excluding carboxylic acids is 2. The molecule has 10 heteroatoms. The van der Waals surface area contributed by atoms with Crippen molar-refractivity contribution in [3.63, 3.8) is 0 Å². The van der Waals surface area contributed by atoms with Crippen molar-refractivity contribution in [3.8, 4) is 17.0 Å². The third kappa shape index (κ3) is 8.15. The maximum Gasteiger partial charge on any atom is 0.271 e. The van der Waals surface area contributed by atoms with E-state index in [-0.39, 0.29) is 18.4 Å². The van der Waals surface area contributed by atoms with Crippen molar-refractivity contribution in [3.05, 3.63) is 123 Å². The topological polar surface area (TPSA) is 105 Å². The molecule has 0 radical (unpaired) electrons. The zero-order valence-electron chi connectivity index (χ0n) is 23.4. The van der Waals surface area contributed by atoms with Crippen LogP contribution < -0.4 is 20.8 Å². The second kappa shape index (κ2) is 13.9. The number of benzene rings is 4. The summed E-state index contributed by atoms with van der Waals surface area (Å²) in [6, 6.07) is 28.2. The number of anilines is 3. The average Bonchev–Trinajstić information content (AvgIpc) is 3.47. The number of rotatable bonds is 10. The first-order valence-corrected chi connectivity index (χ1v) is 15.0. The lowest BCUT2D eigenvalue weighted by Gasteiger charge is -2.11. The smallest absolute Gasteiger partial charge is 0.271 e. The fourth-order valence-electron chi connectivity index (χ4n) is 4.13. The largest absolute Gasteiger partial charge is 0.483 e. The first-order valence-electron chi connectivity index (χ1n) is 13.3. The van der Waals surface area contributed by atoms with Crippen LogP contribution in [-0.2, 0) is 4.79 Å². The first kappa shape index (κ1) is 29.7. The van der Waals surface area contributed by atoms with Gasteiger partial charge in [0.05, 0.1) is 16.4 Å². The Morgan fingerprint density at radius 2 is 1.77 bits per heavy atom. The van der Waals surface area contributed by atoms with Crippen LogP contribution >= 0.6 is 27.3 Å². The molecule has 216 valence electrons. The van der Waals surface area contributed by atoms with E-state index in [9.17, 15) is 9.59 Å². The predicted octanol–water partition coefficient (Wildman–Crippen LogP) is 7.71. The number of hydrogen-bond donors (Lipinski definition) is 3. The van der Waals surface area contributed by atoms with Crippen LogP contribution in [0, 0.1) is 13.8 Å². The van der Waals surface area contributed by atoms with E-state index in [1.54, 1.807) is 30.3 Å². The van der Waals surface area contributed by atoms with Gasteiger partial charge in [0.2, 0.25) is 0 Å². The van der Waals surface area contributed by atoms with Gasteiger partial charge in [0, 0.05) is 27.9 Å². The number of carbonyl (C=O) groups is 2. The second-order valence-corrected chi connectivity index (χ2v) is 11.4. The van der Waals surface area contributed by atoms with Crippen molar-refractivity contribution >= 4 is 61.8 Å². The molecule has 8 nitrogen and oxygen atoms in total. The van der Waals surface area contributed by atoms with Crippen LogP contribution in [0.15, 0.2) is 106 Å². The van der Waals surface area contributed by atoms with Crippen LogP contribution in [0.5, 0.6) is 5.75 Å². The Hall–Kier alpha value is -4.80. The van der Waals surface area contributed by atoms with Crippen LogP contribution in [0.2, 0.25) is 0 Å². The van der Waals surface area contributed by atoms with Gasteiger partial charge in [-0.05, 0) is 89.4 Å². The zero-order chi connectivity index (χ0) is 30.2. The van der Waals surface area contributed by atoms with Crippen molar-refractivity contribution in [2.24, 2.45) is 5.10 Å². The Kier molecular flexibility index (Phi) is 9.60. The van der Waals surface area contributed by atoms with Gasteiger partial charge in [-0.25, -0.2) is 10.4 Å². The number of hydrazone groups is 1. The highest BCUT2D eigenvalue weighted by Crippen LogP contribution is 2.28. The summed E-state index contributed by atoms with van der Waals surface area (Å²) in [5, 5.41) is 13.0. The van der Waals surface area contributed by atoms with Crippen LogP contribution in [0.1, 0.15) is 27.0 Å².